The van der Waals surface area contributed by atoms with Gasteiger partial charge in [0.2, 0.25) is 5.95 Å². The molecule has 0 atom stereocenters. The van der Waals surface area contributed by atoms with Crippen molar-refractivity contribution in [3.05, 3.63) is 51.9 Å². The number of H-pyrrole nitrogens is 1. The molecule has 0 saturated carbocycles. The highest BCUT2D eigenvalue weighted by Gasteiger charge is 2.02. The van der Waals surface area contributed by atoms with Gasteiger partial charge in [0.1, 0.15) is 5.75 Å². The number of benzene rings is 1. The first-order valence-corrected chi connectivity index (χ1v) is 5.95. The Labute approximate surface area is 118 Å². The molecular weight excluding hydrogens is 282 g/mol. The van der Waals surface area contributed by atoms with Crippen LogP contribution in [0.15, 0.2) is 40.2 Å². The molecule has 0 spiro atoms. The lowest BCUT2D eigenvalue weighted by atomic mass is 10.2. The number of alkyl halides is 2. The highest BCUT2D eigenvalue weighted by Crippen LogP contribution is 2.13. The zero-order chi connectivity index (χ0) is 15.2. The van der Waals surface area contributed by atoms with Gasteiger partial charge >= 0.3 is 6.61 Å². The molecule has 0 radical (unpaired) electrons. The average Bonchev–Trinajstić information content (AvgIpc) is 2.39. The van der Waals surface area contributed by atoms with Gasteiger partial charge in [0.05, 0.1) is 6.21 Å². The van der Waals surface area contributed by atoms with E-state index >= 15 is 0 Å². The van der Waals surface area contributed by atoms with Crippen LogP contribution >= 0.6 is 0 Å². The maximum Gasteiger partial charge on any atom is 0.387 e. The number of hydrazone groups is 1. The summed E-state index contributed by atoms with van der Waals surface area (Å²) < 4.78 is 28.2. The lowest BCUT2D eigenvalue weighted by molar-refractivity contribution is -0.0498. The van der Waals surface area contributed by atoms with E-state index in [1.165, 1.54) is 24.4 Å². The van der Waals surface area contributed by atoms with Crippen LogP contribution in [0.2, 0.25) is 0 Å². The molecule has 0 bridgehead atoms. The van der Waals surface area contributed by atoms with E-state index in [-0.39, 0.29) is 17.3 Å². The van der Waals surface area contributed by atoms with Crippen molar-refractivity contribution in [1.82, 2.24) is 9.97 Å². The van der Waals surface area contributed by atoms with Gasteiger partial charge in [-0.2, -0.15) is 13.9 Å². The highest BCUT2D eigenvalue weighted by molar-refractivity contribution is 5.80. The van der Waals surface area contributed by atoms with Crippen LogP contribution in [0.1, 0.15) is 11.3 Å². The van der Waals surface area contributed by atoms with Crippen LogP contribution in [0, 0.1) is 6.92 Å². The number of aromatic amines is 1. The molecule has 1 aromatic heterocycles. The van der Waals surface area contributed by atoms with E-state index in [1.54, 1.807) is 19.1 Å². The fraction of sp³-hybridized carbons (Fsp3) is 0.154. The van der Waals surface area contributed by atoms with E-state index < -0.39 is 6.61 Å². The Morgan fingerprint density at radius 2 is 2.10 bits per heavy atom. The molecule has 0 unspecified atom stereocenters. The van der Waals surface area contributed by atoms with Crippen molar-refractivity contribution in [2.75, 3.05) is 5.43 Å². The van der Waals surface area contributed by atoms with Crippen LogP contribution in [0.25, 0.3) is 0 Å². The number of rotatable bonds is 5. The number of aryl methyl sites for hydroxylation is 1. The molecule has 0 aliphatic heterocycles. The second-order valence-corrected chi connectivity index (χ2v) is 4.05. The number of nitrogens with zero attached hydrogens (tertiary/aromatic N) is 2. The molecule has 110 valence electrons. The zero-order valence-electron chi connectivity index (χ0n) is 11.0. The van der Waals surface area contributed by atoms with Gasteiger partial charge in [-0.1, -0.05) is 0 Å². The van der Waals surface area contributed by atoms with Gasteiger partial charge in [-0.25, -0.2) is 10.4 Å². The molecule has 0 saturated heterocycles. The molecule has 2 N–H and O–H groups in total. The Hall–Kier alpha value is -2.77. The summed E-state index contributed by atoms with van der Waals surface area (Å²) in [6.45, 7) is -1.17. The molecular formula is C13H12F2N4O2. The fourth-order valence-electron chi connectivity index (χ4n) is 1.54. The minimum absolute atomic E-state index is 0.0693. The summed E-state index contributed by atoms with van der Waals surface area (Å²) >= 11 is 0. The van der Waals surface area contributed by atoms with Crippen LogP contribution in [-0.2, 0) is 0 Å². The summed E-state index contributed by atoms with van der Waals surface area (Å²) in [5.74, 6) is 0.286. The average molecular weight is 294 g/mol. The second-order valence-electron chi connectivity index (χ2n) is 4.05. The smallest absolute Gasteiger partial charge is 0.387 e. The van der Waals surface area contributed by atoms with Gasteiger partial charge in [-0.15, -0.1) is 0 Å². The Balaban J connectivity index is 1.99. The van der Waals surface area contributed by atoms with E-state index in [9.17, 15) is 13.6 Å². The van der Waals surface area contributed by atoms with E-state index in [4.69, 9.17) is 0 Å². The third kappa shape index (κ3) is 4.68. The normalized spacial score (nSPS) is 11.0. The molecule has 8 heteroatoms. The first-order chi connectivity index (χ1) is 10.0. The molecule has 1 aromatic carbocycles. The molecule has 1 heterocycles. The number of ether oxygens (including phenoxy) is 1. The maximum atomic E-state index is 12.0. The first-order valence-electron chi connectivity index (χ1n) is 5.95. The van der Waals surface area contributed by atoms with Crippen LogP contribution in [0.5, 0.6) is 5.75 Å². The molecule has 2 rings (SSSR count). The molecule has 0 aliphatic rings. The van der Waals surface area contributed by atoms with Crippen LogP contribution < -0.4 is 15.7 Å². The Bertz CT molecular complexity index is 683. The molecule has 2 aromatic rings. The standard InChI is InChI=1S/C13H12F2N4O2/c1-8-6-11(20)18-13(17-8)19-16-7-9-2-4-10(5-3-9)21-12(14)15/h2-7,12H,1H3,(H2,17,18,19,20)/b16-7+. The number of nitrogens with one attached hydrogen (secondary N) is 2. The zero-order valence-corrected chi connectivity index (χ0v) is 11.0. The van der Waals surface area contributed by atoms with Crippen molar-refractivity contribution in [2.45, 2.75) is 13.5 Å². The molecule has 0 aliphatic carbocycles. The summed E-state index contributed by atoms with van der Waals surface area (Å²) in [7, 11) is 0. The van der Waals surface area contributed by atoms with Gasteiger partial charge in [0.15, 0.2) is 0 Å². The summed E-state index contributed by atoms with van der Waals surface area (Å²) in [5.41, 5.74) is 3.52. The molecule has 21 heavy (non-hydrogen) atoms. The summed E-state index contributed by atoms with van der Waals surface area (Å²) in [6, 6.07) is 7.29. The van der Waals surface area contributed by atoms with Crippen molar-refractivity contribution < 1.29 is 13.5 Å². The van der Waals surface area contributed by atoms with Gasteiger partial charge in [-0.05, 0) is 36.8 Å². The van der Waals surface area contributed by atoms with E-state index in [1.807, 2.05) is 0 Å². The quantitative estimate of drug-likeness (QED) is 0.654. The maximum absolute atomic E-state index is 12.0. The summed E-state index contributed by atoms with van der Waals surface area (Å²) in [4.78, 5) is 17.7. The monoisotopic (exact) mass is 294 g/mol. The predicted octanol–water partition coefficient (Wildman–Crippen LogP) is 2.13. The highest BCUT2D eigenvalue weighted by atomic mass is 19.3. The van der Waals surface area contributed by atoms with Crippen LogP contribution in [0.4, 0.5) is 14.7 Å². The SMILES string of the molecule is Cc1cc(=O)[nH]c(N/N=C/c2ccc(OC(F)F)cc2)n1. The molecule has 0 fully saturated rings. The Morgan fingerprint density at radius 1 is 1.38 bits per heavy atom. The van der Waals surface area contributed by atoms with Gasteiger partial charge in [0.25, 0.3) is 5.56 Å². The fourth-order valence-corrected chi connectivity index (χ4v) is 1.54. The van der Waals surface area contributed by atoms with Crippen molar-refractivity contribution >= 4 is 12.2 Å². The second kappa shape index (κ2) is 6.60. The molecule has 6 nitrogen and oxygen atoms in total. The summed E-state index contributed by atoms with van der Waals surface area (Å²) in [5, 5.41) is 3.89. The number of halogens is 2. The predicted molar refractivity (Wildman–Crippen MR) is 73.9 cm³/mol. The minimum Gasteiger partial charge on any atom is -0.435 e. The van der Waals surface area contributed by atoms with Crippen molar-refractivity contribution in [3.8, 4) is 5.75 Å². The van der Waals surface area contributed by atoms with Crippen molar-refractivity contribution in [2.24, 2.45) is 5.10 Å². The number of hydrogen-bond donors (Lipinski definition) is 2. The van der Waals surface area contributed by atoms with E-state index in [0.717, 1.165) is 0 Å². The largest absolute Gasteiger partial charge is 0.435 e. The van der Waals surface area contributed by atoms with Gasteiger partial charge in [-0.3, -0.25) is 9.78 Å². The topological polar surface area (TPSA) is 79.4 Å². The van der Waals surface area contributed by atoms with Crippen molar-refractivity contribution in [3.63, 3.8) is 0 Å². The van der Waals surface area contributed by atoms with Gasteiger partial charge in [0, 0.05) is 11.8 Å². The minimum atomic E-state index is -2.85. The third-order valence-corrected chi connectivity index (χ3v) is 2.36. The Morgan fingerprint density at radius 3 is 2.71 bits per heavy atom. The lowest BCUT2D eigenvalue weighted by Crippen LogP contribution is -2.10. The number of hydrogen-bond acceptors (Lipinski definition) is 5. The van der Waals surface area contributed by atoms with Crippen molar-refractivity contribution in [1.29, 1.82) is 0 Å². The van der Waals surface area contributed by atoms with Gasteiger partial charge < -0.3 is 4.74 Å². The van der Waals surface area contributed by atoms with E-state index in [2.05, 4.69) is 25.2 Å². The Kier molecular flexibility index (Phi) is 4.60. The first kappa shape index (κ1) is 14.6. The molecule has 0 amide bonds. The number of aromatic nitrogens is 2. The van der Waals surface area contributed by atoms with E-state index in [0.29, 0.717) is 11.3 Å². The third-order valence-electron chi connectivity index (χ3n) is 2.36. The lowest BCUT2D eigenvalue weighted by Gasteiger charge is -2.03. The van der Waals surface area contributed by atoms with Crippen LogP contribution in [-0.4, -0.2) is 22.8 Å². The van der Waals surface area contributed by atoms with Crippen LogP contribution in [0.3, 0.4) is 0 Å². The number of anilines is 1. The summed E-state index contributed by atoms with van der Waals surface area (Å²) in [6.07, 6.45) is 1.45.